The third kappa shape index (κ3) is 8.37. The molecule has 0 heterocycles. The molecule has 0 saturated carbocycles. The van der Waals surface area contributed by atoms with Crippen LogP contribution in [0.15, 0.2) is 243 Å². The molecule has 2 nitrogen and oxygen atoms in total. The van der Waals surface area contributed by atoms with Crippen LogP contribution in [0, 0.1) is 13.8 Å². The lowest BCUT2D eigenvalue weighted by Gasteiger charge is -2.33. The standard InChI is InChI=1S/C72H60N2/c1-47(2)65-45-69(73(59-31-19-29-55(41-59)51-21-11-7-12-22-51)67-43-57(35-33-49(67)5)53-25-15-9-16-26-53)63-40-38-62-66(48(3)4)46-70(64-39-37-61(65)71(63)72(62)64)74(60-32-20-30-56(42-60)52-23-13-8-14-24-52)68-44-58(36-34-50(68)6)54-27-17-10-18-28-54/h7-48H,1-6H3. The zero-order chi connectivity index (χ0) is 50.5. The van der Waals surface area contributed by atoms with Gasteiger partial charge in [-0.15, -0.1) is 0 Å². The van der Waals surface area contributed by atoms with Gasteiger partial charge in [0.2, 0.25) is 0 Å². The van der Waals surface area contributed by atoms with Crippen molar-refractivity contribution in [3.63, 3.8) is 0 Å². The van der Waals surface area contributed by atoms with Gasteiger partial charge in [-0.3, -0.25) is 0 Å². The van der Waals surface area contributed by atoms with Crippen LogP contribution in [-0.2, 0) is 0 Å². The molecule has 0 aliphatic rings. The zero-order valence-corrected chi connectivity index (χ0v) is 43.1. The first-order valence-electron chi connectivity index (χ1n) is 26.2. The van der Waals surface area contributed by atoms with Crippen molar-refractivity contribution in [2.24, 2.45) is 0 Å². The lowest BCUT2D eigenvalue weighted by molar-refractivity contribution is 0.875. The van der Waals surface area contributed by atoms with Gasteiger partial charge in [0.25, 0.3) is 0 Å². The van der Waals surface area contributed by atoms with Crippen LogP contribution in [0.5, 0.6) is 0 Å². The van der Waals surface area contributed by atoms with Gasteiger partial charge in [-0.1, -0.05) is 222 Å². The van der Waals surface area contributed by atoms with Crippen LogP contribution in [0.1, 0.15) is 61.8 Å². The van der Waals surface area contributed by atoms with Gasteiger partial charge in [0.15, 0.2) is 0 Å². The van der Waals surface area contributed by atoms with Crippen LogP contribution >= 0.6 is 0 Å². The number of hydrogen-bond acceptors (Lipinski definition) is 2. The maximum absolute atomic E-state index is 2.55. The van der Waals surface area contributed by atoms with Crippen LogP contribution < -0.4 is 9.80 Å². The predicted octanol–water partition coefficient (Wildman–Crippen LogP) is 21.1. The highest BCUT2D eigenvalue weighted by atomic mass is 15.2. The average molecular weight is 953 g/mol. The van der Waals surface area contributed by atoms with E-state index in [-0.39, 0.29) is 11.8 Å². The average Bonchev–Trinajstić information content (AvgIpc) is 3.46. The fraction of sp³-hybridized carbons (Fsp3) is 0.111. The Morgan fingerprint density at radius 2 is 0.568 bits per heavy atom. The number of nitrogens with zero attached hydrogens (tertiary/aromatic N) is 2. The summed E-state index contributed by atoms with van der Waals surface area (Å²) in [5, 5.41) is 7.66. The van der Waals surface area contributed by atoms with E-state index in [1.807, 2.05) is 0 Å². The summed E-state index contributed by atoms with van der Waals surface area (Å²) in [6.45, 7) is 13.9. The molecule has 12 rings (SSSR count). The fourth-order valence-electron chi connectivity index (χ4n) is 11.4. The predicted molar refractivity (Wildman–Crippen MR) is 319 cm³/mol. The summed E-state index contributed by atoms with van der Waals surface area (Å²) in [6.07, 6.45) is 0. The van der Waals surface area contributed by atoms with E-state index >= 15 is 0 Å². The second-order valence-electron chi connectivity index (χ2n) is 20.6. The van der Waals surface area contributed by atoms with Crippen molar-refractivity contribution in [3.8, 4) is 44.5 Å². The minimum Gasteiger partial charge on any atom is -0.310 e. The quantitative estimate of drug-likeness (QED) is 0.113. The van der Waals surface area contributed by atoms with Crippen LogP contribution in [0.2, 0.25) is 0 Å². The minimum absolute atomic E-state index is 0.247. The summed E-state index contributed by atoms with van der Waals surface area (Å²) in [7, 11) is 0. The van der Waals surface area contributed by atoms with Crippen LogP contribution in [0.4, 0.5) is 34.1 Å². The zero-order valence-electron chi connectivity index (χ0n) is 43.1. The molecular weight excluding hydrogens is 893 g/mol. The molecule has 0 unspecified atom stereocenters. The minimum atomic E-state index is 0.247. The summed E-state index contributed by atoms with van der Waals surface area (Å²) in [5.74, 6) is 0.495. The summed E-state index contributed by atoms with van der Waals surface area (Å²) >= 11 is 0. The first-order valence-corrected chi connectivity index (χ1v) is 26.2. The maximum atomic E-state index is 2.55. The Kier molecular flexibility index (Phi) is 12.1. The van der Waals surface area contributed by atoms with E-state index in [0.717, 1.165) is 22.7 Å². The van der Waals surface area contributed by atoms with Crippen molar-refractivity contribution in [3.05, 3.63) is 265 Å². The molecule has 0 atom stereocenters. The van der Waals surface area contributed by atoms with Crippen molar-refractivity contribution < 1.29 is 0 Å². The summed E-state index contributed by atoms with van der Waals surface area (Å²) < 4.78 is 0. The van der Waals surface area contributed by atoms with E-state index in [1.54, 1.807) is 0 Å². The van der Waals surface area contributed by atoms with Crippen molar-refractivity contribution in [2.45, 2.75) is 53.4 Å². The highest BCUT2D eigenvalue weighted by Gasteiger charge is 2.28. The van der Waals surface area contributed by atoms with Gasteiger partial charge in [-0.05, 0) is 163 Å². The van der Waals surface area contributed by atoms with E-state index in [0.29, 0.717) is 0 Å². The van der Waals surface area contributed by atoms with E-state index in [1.165, 1.54) is 110 Å². The largest absolute Gasteiger partial charge is 0.310 e. The molecule has 0 spiro atoms. The molecule has 0 aromatic heterocycles. The fourth-order valence-corrected chi connectivity index (χ4v) is 11.4. The third-order valence-electron chi connectivity index (χ3n) is 15.2. The number of hydrogen-bond donors (Lipinski definition) is 0. The monoisotopic (exact) mass is 952 g/mol. The van der Waals surface area contributed by atoms with Crippen molar-refractivity contribution in [1.82, 2.24) is 0 Å². The molecule has 0 saturated heterocycles. The van der Waals surface area contributed by atoms with Crippen LogP contribution in [0.25, 0.3) is 76.8 Å². The number of aryl methyl sites for hydroxylation is 2. The van der Waals surface area contributed by atoms with Gasteiger partial charge in [0.05, 0.1) is 11.4 Å². The Labute approximate surface area is 436 Å². The number of anilines is 6. The second kappa shape index (κ2) is 19.4. The van der Waals surface area contributed by atoms with E-state index in [9.17, 15) is 0 Å². The van der Waals surface area contributed by atoms with E-state index in [4.69, 9.17) is 0 Å². The van der Waals surface area contributed by atoms with Crippen molar-refractivity contribution in [2.75, 3.05) is 9.80 Å². The Morgan fingerprint density at radius 3 is 0.905 bits per heavy atom. The number of rotatable bonds is 12. The maximum Gasteiger partial charge on any atom is 0.0543 e. The molecular formula is C72H60N2. The highest BCUT2D eigenvalue weighted by molar-refractivity contribution is 6.29. The first-order chi connectivity index (χ1) is 36.2. The van der Waals surface area contributed by atoms with Gasteiger partial charge in [-0.25, -0.2) is 0 Å². The molecule has 74 heavy (non-hydrogen) atoms. The van der Waals surface area contributed by atoms with E-state index < -0.39 is 0 Å². The molecule has 0 aliphatic heterocycles. The second-order valence-corrected chi connectivity index (χ2v) is 20.6. The Balaban J connectivity index is 1.18. The van der Waals surface area contributed by atoms with Crippen molar-refractivity contribution >= 4 is 66.4 Å². The van der Waals surface area contributed by atoms with Crippen molar-refractivity contribution in [1.29, 1.82) is 0 Å². The molecule has 0 bridgehead atoms. The van der Waals surface area contributed by atoms with E-state index in [2.05, 4.69) is 294 Å². The smallest absolute Gasteiger partial charge is 0.0543 e. The molecule has 2 heteroatoms. The van der Waals surface area contributed by atoms with Crippen LogP contribution in [-0.4, -0.2) is 0 Å². The first kappa shape index (κ1) is 46.4. The molecule has 12 aromatic carbocycles. The third-order valence-corrected chi connectivity index (χ3v) is 15.2. The van der Waals surface area contributed by atoms with Gasteiger partial charge >= 0.3 is 0 Å². The van der Waals surface area contributed by atoms with Gasteiger partial charge in [-0.2, -0.15) is 0 Å². The number of benzene rings is 12. The summed E-state index contributed by atoms with van der Waals surface area (Å²) in [4.78, 5) is 5.10. The lowest BCUT2D eigenvalue weighted by Crippen LogP contribution is -2.14. The summed E-state index contributed by atoms with van der Waals surface area (Å²) in [6, 6.07) is 90.0. The Morgan fingerprint density at radius 1 is 0.257 bits per heavy atom. The highest BCUT2D eigenvalue weighted by Crippen LogP contribution is 2.52. The molecule has 0 radical (unpaired) electrons. The molecule has 12 aromatic rings. The van der Waals surface area contributed by atoms with Gasteiger partial charge in [0, 0.05) is 33.5 Å². The molecule has 0 amide bonds. The van der Waals surface area contributed by atoms with Gasteiger partial charge in [0.1, 0.15) is 0 Å². The normalized spacial score (nSPS) is 11.6. The SMILES string of the molecule is Cc1ccc(-c2ccccc2)cc1N(c1cccc(-c2ccccc2)c1)c1cc(C(C)C)c2ccc3c(N(c4cccc(-c5ccccc5)c4)c4cc(-c5ccccc5)ccc4C)cc(C(C)C)c4ccc1c2c43. The molecule has 358 valence electrons. The topological polar surface area (TPSA) is 6.48 Å². The molecule has 0 aliphatic carbocycles. The van der Waals surface area contributed by atoms with Crippen LogP contribution in [0.3, 0.4) is 0 Å². The Bertz CT molecular complexity index is 3710. The van der Waals surface area contributed by atoms with Gasteiger partial charge < -0.3 is 9.80 Å². The lowest BCUT2D eigenvalue weighted by atomic mass is 9.84. The summed E-state index contributed by atoms with van der Waals surface area (Å²) in [5.41, 5.74) is 21.5. The Hall–Kier alpha value is -8.72. The molecule has 0 N–H and O–H groups in total. The molecule has 0 fully saturated rings.